The van der Waals surface area contributed by atoms with Gasteiger partial charge in [-0.15, -0.1) is 0 Å². The first-order valence-electron chi connectivity index (χ1n) is 8.46. The largest absolute Gasteiger partial charge is 0.524 e. The molecule has 0 atom stereocenters. The summed E-state index contributed by atoms with van der Waals surface area (Å²) in [4.78, 5) is 23.4. The Balaban J connectivity index is 1.80. The highest BCUT2D eigenvalue weighted by Gasteiger charge is 2.23. The number of ether oxygens (including phenoxy) is 2. The third-order valence-electron chi connectivity index (χ3n) is 4.55. The van der Waals surface area contributed by atoms with Crippen LogP contribution in [0.2, 0.25) is 0 Å². The van der Waals surface area contributed by atoms with Crippen LogP contribution in [0.3, 0.4) is 0 Å². The number of aromatic nitrogens is 1. The van der Waals surface area contributed by atoms with Crippen LogP contribution in [0.25, 0.3) is 32.9 Å². The van der Waals surface area contributed by atoms with Gasteiger partial charge in [-0.2, -0.15) is 0 Å². The molecule has 0 fully saturated rings. The lowest BCUT2D eigenvalue weighted by molar-refractivity contribution is 0.174. The molecule has 5 rings (SSSR count). The third kappa shape index (κ3) is 2.96. The zero-order valence-corrected chi connectivity index (χ0v) is 15.3. The highest BCUT2D eigenvalue weighted by Crippen LogP contribution is 2.45. The van der Waals surface area contributed by atoms with Gasteiger partial charge in [-0.3, -0.25) is 9.79 Å². The topological polar surface area (TPSA) is 98.1 Å². The van der Waals surface area contributed by atoms with Crippen molar-refractivity contribution in [3.8, 4) is 28.5 Å². The first-order valence-corrected chi connectivity index (χ1v) is 9.99. The molecule has 0 spiro atoms. The van der Waals surface area contributed by atoms with Crippen LogP contribution in [-0.4, -0.2) is 21.6 Å². The minimum absolute atomic E-state index is 0.0274. The van der Waals surface area contributed by atoms with E-state index in [2.05, 4.69) is 0 Å². The summed E-state index contributed by atoms with van der Waals surface area (Å²) >= 11 is 0. The Bertz CT molecular complexity index is 1280. The Kier molecular flexibility index (Phi) is 3.77. The van der Waals surface area contributed by atoms with Gasteiger partial charge in [-0.25, -0.2) is 9.55 Å². The first-order chi connectivity index (χ1) is 13.5. The fraction of sp³-hybridized carbons (Fsp3) is 0.0500. The van der Waals surface area contributed by atoms with E-state index < -0.39 is 7.82 Å². The average Bonchev–Trinajstić information content (AvgIpc) is 3.12. The predicted octanol–water partition coefficient (Wildman–Crippen LogP) is 4.26. The molecule has 1 aliphatic rings. The van der Waals surface area contributed by atoms with Crippen molar-refractivity contribution in [2.75, 3.05) is 6.79 Å². The standard InChI is InChI=1S/C20H14NO6P/c22-28(23,24)27-18-9-16(14-7-3-5-12-4-1-2-6-13(12)14)21-17-10-20-19(8-15(17)18)25-11-26-20/h1-10H,11H2,(H2,22,23,24). The van der Waals surface area contributed by atoms with Crippen LogP contribution in [-0.2, 0) is 4.57 Å². The summed E-state index contributed by atoms with van der Waals surface area (Å²) in [7, 11) is -4.77. The van der Waals surface area contributed by atoms with Crippen molar-refractivity contribution in [2.24, 2.45) is 0 Å². The SMILES string of the molecule is O=P(O)(O)Oc1cc(-c2cccc3ccccc23)nc2cc3c(cc12)OCO3. The molecule has 28 heavy (non-hydrogen) atoms. The van der Waals surface area contributed by atoms with Crippen LogP contribution in [0.5, 0.6) is 17.2 Å². The Morgan fingerprint density at radius 1 is 0.929 bits per heavy atom. The van der Waals surface area contributed by atoms with Gasteiger partial charge in [0, 0.05) is 23.1 Å². The normalized spacial score (nSPS) is 13.2. The van der Waals surface area contributed by atoms with E-state index >= 15 is 0 Å². The molecule has 140 valence electrons. The Labute approximate surface area is 159 Å². The second kappa shape index (κ2) is 6.21. The number of nitrogens with zero attached hydrogens (tertiary/aromatic N) is 1. The summed E-state index contributed by atoms with van der Waals surface area (Å²) in [6.07, 6.45) is 0. The monoisotopic (exact) mass is 395 g/mol. The molecule has 1 aromatic heterocycles. The summed E-state index contributed by atoms with van der Waals surface area (Å²) < 4.78 is 27.3. The molecule has 3 aromatic carbocycles. The van der Waals surface area contributed by atoms with Gasteiger partial charge in [0.2, 0.25) is 6.79 Å². The van der Waals surface area contributed by atoms with Crippen LogP contribution < -0.4 is 14.0 Å². The molecular weight excluding hydrogens is 381 g/mol. The molecule has 0 unspecified atom stereocenters. The molecular formula is C20H14NO6P. The van der Waals surface area contributed by atoms with Crippen molar-refractivity contribution in [1.29, 1.82) is 0 Å². The molecule has 1 aliphatic heterocycles. The van der Waals surface area contributed by atoms with Crippen molar-refractivity contribution < 1.29 is 28.3 Å². The lowest BCUT2D eigenvalue weighted by Crippen LogP contribution is -1.95. The molecule has 0 aliphatic carbocycles. The van der Waals surface area contributed by atoms with Crippen molar-refractivity contribution in [3.05, 3.63) is 60.7 Å². The molecule has 4 aromatic rings. The van der Waals surface area contributed by atoms with Crippen LogP contribution >= 0.6 is 7.82 Å². The molecule has 0 saturated carbocycles. The molecule has 2 heterocycles. The lowest BCUT2D eigenvalue weighted by atomic mass is 10.0. The maximum atomic E-state index is 11.5. The second-order valence-corrected chi connectivity index (χ2v) is 7.50. The molecule has 2 N–H and O–H groups in total. The maximum Gasteiger partial charge on any atom is 0.524 e. The number of fused-ring (bicyclic) bond motifs is 3. The lowest BCUT2D eigenvalue weighted by Gasteiger charge is -2.13. The zero-order valence-electron chi connectivity index (χ0n) is 14.4. The van der Waals surface area contributed by atoms with Crippen molar-refractivity contribution in [1.82, 2.24) is 4.98 Å². The van der Waals surface area contributed by atoms with Crippen LogP contribution in [0.15, 0.2) is 60.7 Å². The van der Waals surface area contributed by atoms with Gasteiger partial charge in [0.1, 0.15) is 5.75 Å². The number of phosphoric ester groups is 1. The van der Waals surface area contributed by atoms with Crippen LogP contribution in [0, 0.1) is 0 Å². The smallest absolute Gasteiger partial charge is 0.454 e. The number of benzene rings is 3. The fourth-order valence-electron chi connectivity index (χ4n) is 3.38. The van der Waals surface area contributed by atoms with E-state index in [0.29, 0.717) is 28.1 Å². The average molecular weight is 395 g/mol. The van der Waals surface area contributed by atoms with Gasteiger partial charge in [0.15, 0.2) is 11.5 Å². The summed E-state index contributed by atoms with van der Waals surface area (Å²) in [6, 6.07) is 18.5. The maximum absolute atomic E-state index is 11.5. The fourth-order valence-corrected chi connectivity index (χ4v) is 3.78. The predicted molar refractivity (Wildman–Crippen MR) is 103 cm³/mol. The van der Waals surface area contributed by atoms with E-state index in [1.54, 1.807) is 12.1 Å². The van der Waals surface area contributed by atoms with Gasteiger partial charge in [-0.05, 0) is 16.8 Å². The number of hydrogen-bond donors (Lipinski definition) is 2. The molecule has 0 bridgehead atoms. The van der Waals surface area contributed by atoms with E-state index in [9.17, 15) is 14.4 Å². The van der Waals surface area contributed by atoms with E-state index in [1.165, 1.54) is 6.07 Å². The van der Waals surface area contributed by atoms with Crippen molar-refractivity contribution in [3.63, 3.8) is 0 Å². The number of phosphoric acid groups is 1. The third-order valence-corrected chi connectivity index (χ3v) is 4.98. The highest BCUT2D eigenvalue weighted by atomic mass is 31.2. The Morgan fingerprint density at radius 2 is 1.68 bits per heavy atom. The quantitative estimate of drug-likeness (QED) is 0.500. The minimum Gasteiger partial charge on any atom is -0.454 e. The minimum atomic E-state index is -4.77. The Morgan fingerprint density at radius 3 is 2.50 bits per heavy atom. The van der Waals surface area contributed by atoms with E-state index in [0.717, 1.165) is 16.3 Å². The summed E-state index contributed by atoms with van der Waals surface area (Å²) in [5, 5.41) is 2.43. The van der Waals surface area contributed by atoms with Gasteiger partial charge < -0.3 is 14.0 Å². The van der Waals surface area contributed by atoms with Crippen LogP contribution in [0.4, 0.5) is 0 Å². The summed E-state index contributed by atoms with van der Waals surface area (Å²) in [6.45, 7) is 0.0799. The number of pyridine rings is 1. The molecule has 0 radical (unpaired) electrons. The number of rotatable bonds is 3. The zero-order chi connectivity index (χ0) is 19.3. The summed E-state index contributed by atoms with van der Waals surface area (Å²) in [5.74, 6) is 1.03. The number of hydrogen-bond acceptors (Lipinski definition) is 5. The summed E-state index contributed by atoms with van der Waals surface area (Å²) in [5.41, 5.74) is 1.85. The molecule has 0 amide bonds. The van der Waals surface area contributed by atoms with Gasteiger partial charge >= 0.3 is 7.82 Å². The van der Waals surface area contributed by atoms with Crippen molar-refractivity contribution >= 4 is 29.5 Å². The van der Waals surface area contributed by atoms with E-state index in [-0.39, 0.29) is 12.5 Å². The van der Waals surface area contributed by atoms with Gasteiger partial charge in [0.05, 0.1) is 11.2 Å². The second-order valence-electron chi connectivity index (χ2n) is 6.34. The van der Waals surface area contributed by atoms with Crippen molar-refractivity contribution in [2.45, 2.75) is 0 Å². The first kappa shape index (κ1) is 17.0. The molecule has 7 nitrogen and oxygen atoms in total. The Hall–Kier alpha value is -3.12. The highest BCUT2D eigenvalue weighted by molar-refractivity contribution is 7.46. The van der Waals surface area contributed by atoms with Gasteiger partial charge in [0.25, 0.3) is 0 Å². The van der Waals surface area contributed by atoms with E-state index in [4.69, 9.17) is 19.0 Å². The molecule has 0 saturated heterocycles. The van der Waals surface area contributed by atoms with Crippen LogP contribution in [0.1, 0.15) is 0 Å². The molecule has 8 heteroatoms. The van der Waals surface area contributed by atoms with Gasteiger partial charge in [-0.1, -0.05) is 42.5 Å². The van der Waals surface area contributed by atoms with E-state index in [1.807, 2.05) is 42.5 Å².